The van der Waals surface area contributed by atoms with E-state index < -0.39 is 35.9 Å². The first-order valence-electron chi connectivity index (χ1n) is 12.3. The lowest BCUT2D eigenvalue weighted by atomic mass is 9.85. The van der Waals surface area contributed by atoms with Gasteiger partial charge >= 0.3 is 5.97 Å². The van der Waals surface area contributed by atoms with Crippen molar-refractivity contribution in [3.05, 3.63) is 12.2 Å². The number of amides is 4. The fourth-order valence-corrected chi connectivity index (χ4v) is 5.42. The third-order valence-corrected chi connectivity index (χ3v) is 7.06. The van der Waals surface area contributed by atoms with Gasteiger partial charge in [0.2, 0.25) is 23.6 Å². The maximum atomic E-state index is 13.5. The Hall–Kier alpha value is -2.71. The molecule has 9 heteroatoms. The molecule has 2 N–H and O–H groups in total. The van der Waals surface area contributed by atoms with E-state index in [9.17, 15) is 24.0 Å². The number of ether oxygens (including phenoxy) is 1. The number of fused-ring (bicyclic) bond motifs is 5. The molecule has 0 aromatic heterocycles. The Balaban J connectivity index is 1.77. The maximum absolute atomic E-state index is 13.5. The molecule has 3 aliphatic rings. The number of hydrogen-bond donors (Lipinski definition) is 2. The summed E-state index contributed by atoms with van der Waals surface area (Å²) < 4.78 is 4.93. The second-order valence-electron chi connectivity index (χ2n) is 10.4. The van der Waals surface area contributed by atoms with E-state index in [-0.39, 0.29) is 53.9 Å². The maximum Gasteiger partial charge on any atom is 0.328 e. The molecule has 2 fully saturated rings. The Morgan fingerprint density at radius 2 is 1.53 bits per heavy atom. The Morgan fingerprint density at radius 3 is 2.00 bits per heavy atom. The molecule has 188 valence electrons. The van der Waals surface area contributed by atoms with Crippen molar-refractivity contribution in [3.8, 4) is 0 Å². The fourth-order valence-electron chi connectivity index (χ4n) is 5.42. The van der Waals surface area contributed by atoms with E-state index in [1.807, 2.05) is 26.0 Å². The highest BCUT2D eigenvalue weighted by Crippen LogP contribution is 2.53. The molecule has 1 saturated heterocycles. The highest BCUT2D eigenvalue weighted by molar-refractivity contribution is 6.09. The molecule has 2 bridgehead atoms. The van der Waals surface area contributed by atoms with Gasteiger partial charge in [-0.1, -0.05) is 39.8 Å². The van der Waals surface area contributed by atoms with Crippen LogP contribution in [0.4, 0.5) is 0 Å². The third kappa shape index (κ3) is 4.88. The molecule has 1 saturated carbocycles. The molecule has 9 nitrogen and oxygen atoms in total. The number of allylic oxidation sites excluding steroid dienone is 2. The molecular formula is C25H37N3O6. The zero-order chi connectivity index (χ0) is 25.3. The van der Waals surface area contributed by atoms with E-state index in [0.29, 0.717) is 6.42 Å². The smallest absolute Gasteiger partial charge is 0.328 e. The number of carbonyl (C=O) groups is 5. The quantitative estimate of drug-likeness (QED) is 0.280. The average Bonchev–Trinajstić information content (AvgIpc) is 3.43. The van der Waals surface area contributed by atoms with Crippen LogP contribution in [-0.2, 0) is 28.7 Å². The summed E-state index contributed by atoms with van der Waals surface area (Å²) in [4.78, 5) is 66.0. The number of nitrogens with one attached hydrogen (secondary N) is 2. The minimum Gasteiger partial charge on any atom is -0.464 e. The van der Waals surface area contributed by atoms with Gasteiger partial charge in [0.15, 0.2) is 0 Å². The van der Waals surface area contributed by atoms with Crippen LogP contribution in [0.5, 0.6) is 0 Å². The van der Waals surface area contributed by atoms with E-state index in [1.165, 1.54) is 6.92 Å². The van der Waals surface area contributed by atoms with Crippen molar-refractivity contribution in [1.29, 1.82) is 0 Å². The Labute approximate surface area is 201 Å². The number of nitrogens with zero attached hydrogens (tertiary/aromatic N) is 1. The number of rotatable bonds is 10. The Kier molecular flexibility index (Phi) is 7.83. The molecule has 2 aliphatic carbocycles. The van der Waals surface area contributed by atoms with E-state index in [4.69, 9.17) is 4.74 Å². The standard InChI is InChI=1S/C25H37N3O6/c1-7-34-25(33)14(6)26-22(30)20(13(4)5)27-21(29)17(10-12(2)3)28-23(31)18-15-8-9-16(11-15)19(18)24(28)32/h8-9,12-20H,7,10-11H2,1-6H3,(H,26,30)(H,27,29)/t14-,15-,16+,17?,18+,19-,20-/m0/s1. The van der Waals surface area contributed by atoms with Crippen molar-refractivity contribution in [2.75, 3.05) is 6.61 Å². The number of esters is 1. The zero-order valence-electron chi connectivity index (χ0n) is 20.9. The van der Waals surface area contributed by atoms with Gasteiger partial charge in [0, 0.05) is 0 Å². The molecular weight excluding hydrogens is 438 g/mol. The van der Waals surface area contributed by atoms with Gasteiger partial charge in [-0.3, -0.25) is 24.1 Å². The first-order valence-corrected chi connectivity index (χ1v) is 12.3. The summed E-state index contributed by atoms with van der Waals surface area (Å²) in [6, 6.07) is -2.80. The van der Waals surface area contributed by atoms with Crippen molar-refractivity contribution in [2.24, 2.45) is 35.5 Å². The van der Waals surface area contributed by atoms with Gasteiger partial charge in [-0.25, -0.2) is 4.79 Å². The Bertz CT molecular complexity index is 852. The topological polar surface area (TPSA) is 122 Å². The zero-order valence-corrected chi connectivity index (χ0v) is 20.9. The largest absolute Gasteiger partial charge is 0.464 e. The van der Waals surface area contributed by atoms with Crippen LogP contribution < -0.4 is 10.6 Å². The summed E-state index contributed by atoms with van der Waals surface area (Å²) in [7, 11) is 0. The first kappa shape index (κ1) is 25.9. The van der Waals surface area contributed by atoms with E-state index in [2.05, 4.69) is 10.6 Å². The minimum atomic E-state index is -0.985. The highest BCUT2D eigenvalue weighted by atomic mass is 16.5. The van der Waals surface area contributed by atoms with Crippen molar-refractivity contribution in [2.45, 2.75) is 72.5 Å². The molecule has 1 aliphatic heterocycles. The van der Waals surface area contributed by atoms with Crippen LogP contribution in [0.1, 0.15) is 54.4 Å². The second kappa shape index (κ2) is 10.3. The third-order valence-electron chi connectivity index (χ3n) is 7.06. The van der Waals surface area contributed by atoms with Gasteiger partial charge in [0.05, 0.1) is 18.4 Å². The summed E-state index contributed by atoms with van der Waals surface area (Å²) in [5, 5.41) is 5.34. The molecule has 1 unspecified atom stereocenters. The van der Waals surface area contributed by atoms with Gasteiger partial charge < -0.3 is 15.4 Å². The monoisotopic (exact) mass is 475 g/mol. The Morgan fingerprint density at radius 1 is 0.971 bits per heavy atom. The lowest BCUT2D eigenvalue weighted by molar-refractivity contribution is -0.150. The predicted molar refractivity (Wildman–Crippen MR) is 124 cm³/mol. The van der Waals surface area contributed by atoms with Crippen molar-refractivity contribution in [3.63, 3.8) is 0 Å². The predicted octanol–water partition coefficient (Wildman–Crippen LogP) is 1.42. The number of hydrogen-bond acceptors (Lipinski definition) is 6. The van der Waals surface area contributed by atoms with Crippen molar-refractivity contribution in [1.82, 2.24) is 15.5 Å². The van der Waals surface area contributed by atoms with Crippen LogP contribution >= 0.6 is 0 Å². The van der Waals surface area contributed by atoms with E-state index >= 15 is 0 Å². The van der Waals surface area contributed by atoms with Gasteiger partial charge in [-0.15, -0.1) is 0 Å². The fraction of sp³-hybridized carbons (Fsp3) is 0.720. The van der Waals surface area contributed by atoms with Crippen LogP contribution in [0, 0.1) is 35.5 Å². The van der Waals surface area contributed by atoms with Gasteiger partial charge in [0.1, 0.15) is 18.1 Å². The molecule has 1 heterocycles. The lowest BCUT2D eigenvalue weighted by Crippen LogP contribution is -2.58. The number of carbonyl (C=O) groups excluding carboxylic acids is 5. The average molecular weight is 476 g/mol. The molecule has 34 heavy (non-hydrogen) atoms. The van der Waals surface area contributed by atoms with Crippen LogP contribution in [0.15, 0.2) is 12.2 Å². The molecule has 0 aromatic carbocycles. The van der Waals surface area contributed by atoms with Crippen LogP contribution in [0.2, 0.25) is 0 Å². The van der Waals surface area contributed by atoms with Gasteiger partial charge in [-0.2, -0.15) is 0 Å². The van der Waals surface area contributed by atoms with E-state index in [1.54, 1.807) is 20.8 Å². The number of imide groups is 1. The van der Waals surface area contributed by atoms with E-state index in [0.717, 1.165) is 11.3 Å². The lowest BCUT2D eigenvalue weighted by Gasteiger charge is -2.31. The molecule has 0 aromatic rings. The van der Waals surface area contributed by atoms with Crippen molar-refractivity contribution >= 4 is 29.6 Å². The normalized spacial score (nSPS) is 27.7. The minimum absolute atomic E-state index is 0.0433. The van der Waals surface area contributed by atoms with Gasteiger partial charge in [0.25, 0.3) is 0 Å². The summed E-state index contributed by atoms with van der Waals surface area (Å²) in [6.07, 6.45) is 5.15. The first-order chi connectivity index (χ1) is 16.0. The highest BCUT2D eigenvalue weighted by Gasteiger charge is 2.61. The molecule has 7 atom stereocenters. The van der Waals surface area contributed by atoms with Crippen LogP contribution in [-0.4, -0.2) is 59.2 Å². The SMILES string of the molecule is CCOC(=O)[C@H](C)NC(=O)[C@@H](NC(=O)C(CC(C)C)N1C(=O)[C@@H]2[C@H](C1=O)[C@H]1C=C[C@@H]2C1)C(C)C. The van der Waals surface area contributed by atoms with Crippen LogP contribution in [0.25, 0.3) is 0 Å². The summed E-state index contributed by atoms with van der Waals surface area (Å²) in [5.74, 6) is -3.11. The molecule has 0 radical (unpaired) electrons. The number of likely N-dealkylation sites (tertiary alicyclic amines) is 1. The second-order valence-corrected chi connectivity index (χ2v) is 10.4. The summed E-state index contributed by atoms with van der Waals surface area (Å²) >= 11 is 0. The molecule has 3 rings (SSSR count). The molecule has 0 spiro atoms. The van der Waals surface area contributed by atoms with Crippen LogP contribution in [0.3, 0.4) is 0 Å². The summed E-state index contributed by atoms with van der Waals surface area (Å²) in [5.41, 5.74) is 0. The van der Waals surface area contributed by atoms with Gasteiger partial charge in [-0.05, 0) is 50.4 Å². The van der Waals surface area contributed by atoms with Crippen molar-refractivity contribution < 1.29 is 28.7 Å². The summed E-state index contributed by atoms with van der Waals surface area (Å²) in [6.45, 7) is 10.8. The molecule has 4 amide bonds.